The highest BCUT2D eigenvalue weighted by atomic mass is 19.4. The van der Waals surface area contributed by atoms with Gasteiger partial charge in [-0.1, -0.05) is 36.4 Å². The Balaban J connectivity index is 2.28. The molecule has 4 heteroatoms. The van der Waals surface area contributed by atoms with Crippen LogP contribution in [0.5, 0.6) is 0 Å². The fraction of sp³-hybridized carbons (Fsp3) is 0.294. The Morgan fingerprint density at radius 1 is 1.05 bits per heavy atom. The molecule has 0 aliphatic carbocycles. The van der Waals surface area contributed by atoms with Crippen LogP contribution in [0.1, 0.15) is 28.3 Å². The zero-order chi connectivity index (χ0) is 15.5. The van der Waals surface area contributed by atoms with E-state index in [1.807, 2.05) is 31.2 Å². The first-order valence-corrected chi connectivity index (χ1v) is 6.80. The maximum Gasteiger partial charge on any atom is 0.416 e. The van der Waals surface area contributed by atoms with Crippen LogP contribution in [0.2, 0.25) is 0 Å². The van der Waals surface area contributed by atoms with Crippen molar-refractivity contribution in [3.8, 4) is 0 Å². The predicted molar refractivity (Wildman–Crippen MR) is 78.1 cm³/mol. The van der Waals surface area contributed by atoms with Crippen LogP contribution in [0, 0.1) is 6.92 Å². The highest BCUT2D eigenvalue weighted by Gasteiger charge is 2.30. The van der Waals surface area contributed by atoms with E-state index < -0.39 is 11.7 Å². The van der Waals surface area contributed by atoms with Crippen LogP contribution in [0.25, 0.3) is 0 Å². The topological polar surface area (TPSA) is 12.0 Å². The molecule has 2 rings (SSSR count). The highest BCUT2D eigenvalue weighted by Crippen LogP contribution is 2.31. The second kappa shape index (κ2) is 6.31. The predicted octanol–water partition coefficient (Wildman–Crippen LogP) is 4.52. The van der Waals surface area contributed by atoms with Gasteiger partial charge in [0, 0.05) is 6.04 Å². The Hall–Kier alpha value is -1.81. The van der Waals surface area contributed by atoms with Gasteiger partial charge in [-0.2, -0.15) is 13.2 Å². The normalized spacial score (nSPS) is 13.2. The van der Waals surface area contributed by atoms with Crippen molar-refractivity contribution in [2.24, 2.45) is 0 Å². The van der Waals surface area contributed by atoms with E-state index in [1.54, 1.807) is 13.1 Å². The molecule has 0 heterocycles. The first-order valence-electron chi connectivity index (χ1n) is 6.80. The SMILES string of the molecule is CNC(Cc1ccccc1C)c1cccc(C(F)(F)F)c1. The summed E-state index contributed by atoms with van der Waals surface area (Å²) in [6.45, 7) is 2.01. The van der Waals surface area contributed by atoms with Gasteiger partial charge in [-0.15, -0.1) is 0 Å². The molecule has 0 saturated carbocycles. The number of likely N-dealkylation sites (N-methyl/N-ethyl adjacent to an activating group) is 1. The summed E-state index contributed by atoms with van der Waals surface area (Å²) in [7, 11) is 1.77. The smallest absolute Gasteiger partial charge is 0.313 e. The van der Waals surface area contributed by atoms with Gasteiger partial charge in [0.2, 0.25) is 0 Å². The summed E-state index contributed by atoms with van der Waals surface area (Å²) < 4.78 is 38.4. The third-order valence-electron chi connectivity index (χ3n) is 3.65. The van der Waals surface area contributed by atoms with Gasteiger partial charge in [-0.25, -0.2) is 0 Å². The quantitative estimate of drug-likeness (QED) is 0.874. The molecule has 1 N–H and O–H groups in total. The molecule has 0 saturated heterocycles. The van der Waals surface area contributed by atoms with Gasteiger partial charge in [-0.05, 0) is 49.2 Å². The highest BCUT2D eigenvalue weighted by molar-refractivity contribution is 5.32. The van der Waals surface area contributed by atoms with Crippen molar-refractivity contribution in [2.75, 3.05) is 7.05 Å². The zero-order valence-corrected chi connectivity index (χ0v) is 12.0. The van der Waals surface area contributed by atoms with Crippen molar-refractivity contribution < 1.29 is 13.2 Å². The number of alkyl halides is 3. The number of aryl methyl sites for hydroxylation is 1. The first-order chi connectivity index (χ1) is 9.91. The molecule has 0 aliphatic heterocycles. The van der Waals surface area contributed by atoms with E-state index in [9.17, 15) is 13.2 Å². The maximum atomic E-state index is 12.8. The van der Waals surface area contributed by atoms with Crippen molar-refractivity contribution >= 4 is 0 Å². The van der Waals surface area contributed by atoms with Crippen LogP contribution in [0.3, 0.4) is 0 Å². The first kappa shape index (κ1) is 15.6. The van der Waals surface area contributed by atoms with Crippen molar-refractivity contribution in [3.63, 3.8) is 0 Å². The molecule has 0 amide bonds. The molecule has 2 aromatic carbocycles. The lowest BCUT2D eigenvalue weighted by molar-refractivity contribution is -0.137. The number of hydrogen-bond acceptors (Lipinski definition) is 1. The zero-order valence-electron chi connectivity index (χ0n) is 12.0. The summed E-state index contributed by atoms with van der Waals surface area (Å²) in [4.78, 5) is 0. The monoisotopic (exact) mass is 293 g/mol. The van der Waals surface area contributed by atoms with E-state index in [2.05, 4.69) is 5.32 Å². The van der Waals surface area contributed by atoms with Crippen LogP contribution >= 0.6 is 0 Å². The van der Waals surface area contributed by atoms with Crippen molar-refractivity contribution in [1.29, 1.82) is 0 Å². The van der Waals surface area contributed by atoms with E-state index >= 15 is 0 Å². The number of rotatable bonds is 4. The number of nitrogens with one attached hydrogen (secondary N) is 1. The van der Waals surface area contributed by atoms with E-state index in [0.717, 1.165) is 17.2 Å². The number of halogens is 3. The van der Waals surface area contributed by atoms with Crippen LogP contribution in [0.15, 0.2) is 48.5 Å². The van der Waals surface area contributed by atoms with Gasteiger partial charge >= 0.3 is 6.18 Å². The van der Waals surface area contributed by atoms with E-state index in [4.69, 9.17) is 0 Å². The molecule has 1 atom stereocenters. The molecule has 1 nitrogen and oxygen atoms in total. The minimum absolute atomic E-state index is 0.145. The Bertz CT molecular complexity index is 605. The summed E-state index contributed by atoms with van der Waals surface area (Å²) in [6.07, 6.45) is -3.65. The molecule has 2 aromatic rings. The van der Waals surface area contributed by atoms with Crippen LogP contribution in [-0.2, 0) is 12.6 Å². The third kappa shape index (κ3) is 3.85. The van der Waals surface area contributed by atoms with Crippen molar-refractivity contribution in [3.05, 3.63) is 70.8 Å². The van der Waals surface area contributed by atoms with Gasteiger partial charge in [0.1, 0.15) is 0 Å². The molecule has 1 unspecified atom stereocenters. The van der Waals surface area contributed by atoms with Crippen LogP contribution in [-0.4, -0.2) is 7.05 Å². The molecule has 0 aromatic heterocycles. The molecule has 0 spiro atoms. The Kier molecular flexibility index (Phi) is 4.68. The summed E-state index contributed by atoms with van der Waals surface area (Å²) in [5.74, 6) is 0. The Morgan fingerprint density at radius 3 is 2.38 bits per heavy atom. The van der Waals surface area contributed by atoms with Gasteiger partial charge < -0.3 is 5.32 Å². The van der Waals surface area contributed by atoms with E-state index in [1.165, 1.54) is 12.1 Å². The molecule has 0 fully saturated rings. The lowest BCUT2D eigenvalue weighted by atomic mass is 9.95. The van der Waals surface area contributed by atoms with E-state index in [-0.39, 0.29) is 6.04 Å². The largest absolute Gasteiger partial charge is 0.416 e. The minimum atomic E-state index is -4.31. The number of benzene rings is 2. The van der Waals surface area contributed by atoms with Gasteiger partial charge in [0.05, 0.1) is 5.56 Å². The Morgan fingerprint density at radius 2 is 1.76 bits per heavy atom. The minimum Gasteiger partial charge on any atom is -0.313 e. The molecule has 0 radical (unpaired) electrons. The van der Waals surface area contributed by atoms with Crippen LogP contribution in [0.4, 0.5) is 13.2 Å². The second-order valence-electron chi connectivity index (χ2n) is 5.10. The Labute approximate surface area is 122 Å². The third-order valence-corrected chi connectivity index (χ3v) is 3.65. The van der Waals surface area contributed by atoms with Crippen LogP contribution < -0.4 is 5.32 Å². The van der Waals surface area contributed by atoms with Crippen molar-refractivity contribution in [1.82, 2.24) is 5.32 Å². The lowest BCUT2D eigenvalue weighted by Gasteiger charge is -2.19. The fourth-order valence-corrected chi connectivity index (χ4v) is 2.38. The molecule has 112 valence electrons. The number of hydrogen-bond donors (Lipinski definition) is 1. The molecule has 21 heavy (non-hydrogen) atoms. The average molecular weight is 293 g/mol. The lowest BCUT2D eigenvalue weighted by Crippen LogP contribution is -2.20. The van der Waals surface area contributed by atoms with Gasteiger partial charge in [0.25, 0.3) is 0 Å². The molecular formula is C17H18F3N. The fourth-order valence-electron chi connectivity index (χ4n) is 2.38. The molecule has 0 bridgehead atoms. The maximum absolute atomic E-state index is 12.8. The van der Waals surface area contributed by atoms with E-state index in [0.29, 0.717) is 12.0 Å². The van der Waals surface area contributed by atoms with Gasteiger partial charge in [-0.3, -0.25) is 0 Å². The molecular weight excluding hydrogens is 275 g/mol. The summed E-state index contributed by atoms with van der Waals surface area (Å²) in [5.41, 5.74) is 2.32. The summed E-state index contributed by atoms with van der Waals surface area (Å²) in [5, 5.41) is 3.11. The molecule has 0 aliphatic rings. The average Bonchev–Trinajstić information content (AvgIpc) is 2.46. The standard InChI is InChI=1S/C17H18F3N/c1-12-6-3-4-7-13(12)11-16(21-2)14-8-5-9-15(10-14)17(18,19)20/h3-10,16,21H,11H2,1-2H3. The second-order valence-corrected chi connectivity index (χ2v) is 5.10. The summed E-state index contributed by atoms with van der Waals surface area (Å²) >= 11 is 0. The summed E-state index contributed by atoms with van der Waals surface area (Å²) in [6, 6.07) is 13.3. The van der Waals surface area contributed by atoms with Crippen molar-refractivity contribution in [2.45, 2.75) is 25.6 Å². The van der Waals surface area contributed by atoms with Gasteiger partial charge in [0.15, 0.2) is 0 Å².